The molecule has 0 amide bonds. The van der Waals surface area contributed by atoms with Crippen molar-refractivity contribution in [3.8, 4) is 0 Å². The van der Waals surface area contributed by atoms with Crippen LogP contribution in [0.2, 0.25) is 0 Å². The Bertz CT molecular complexity index is 919. The van der Waals surface area contributed by atoms with Gasteiger partial charge in [-0.3, -0.25) is 15.2 Å². The number of nitrogens with zero attached hydrogens (tertiary/aromatic N) is 3. The van der Waals surface area contributed by atoms with Crippen LogP contribution in [0.15, 0.2) is 47.5 Å². The van der Waals surface area contributed by atoms with Gasteiger partial charge < -0.3 is 9.88 Å². The van der Waals surface area contributed by atoms with Gasteiger partial charge in [0.05, 0.1) is 6.04 Å². The van der Waals surface area contributed by atoms with Crippen LogP contribution in [0, 0.1) is 0 Å². The molecule has 0 saturated heterocycles. The molecule has 0 bridgehead atoms. The van der Waals surface area contributed by atoms with Gasteiger partial charge in [-0.1, -0.05) is 30.3 Å². The van der Waals surface area contributed by atoms with Gasteiger partial charge in [0, 0.05) is 37.3 Å². The number of hydrogen-bond donors (Lipinski definition) is 3. The topological polar surface area (TPSA) is 89.7 Å². The van der Waals surface area contributed by atoms with E-state index in [1.807, 2.05) is 36.4 Å². The lowest BCUT2D eigenvalue weighted by atomic mass is 10.0. The second-order valence-corrected chi connectivity index (χ2v) is 6.71. The van der Waals surface area contributed by atoms with E-state index < -0.39 is 0 Å². The van der Waals surface area contributed by atoms with Crippen LogP contribution in [-0.4, -0.2) is 38.7 Å². The fourth-order valence-corrected chi connectivity index (χ4v) is 3.41. The van der Waals surface area contributed by atoms with Crippen molar-refractivity contribution in [2.75, 3.05) is 13.6 Å². The SMILES string of the molecule is CN1CCc2[nH]c(=O)c(CNC(c3ccccc3)c3ncn[nH]3)cc2C1. The van der Waals surface area contributed by atoms with E-state index in [2.05, 4.69) is 37.4 Å². The summed E-state index contributed by atoms with van der Waals surface area (Å²) in [7, 11) is 2.10. The molecule has 4 rings (SSSR count). The van der Waals surface area contributed by atoms with Crippen molar-refractivity contribution in [1.29, 1.82) is 0 Å². The van der Waals surface area contributed by atoms with Gasteiger partial charge in [-0.25, -0.2) is 4.98 Å². The van der Waals surface area contributed by atoms with Gasteiger partial charge in [0.15, 0.2) is 0 Å². The Kier molecular flexibility index (Phi) is 4.64. The number of fused-ring (bicyclic) bond motifs is 1. The zero-order chi connectivity index (χ0) is 17.9. The fraction of sp³-hybridized carbons (Fsp3) is 0.316. The Morgan fingerprint density at radius 3 is 2.92 bits per heavy atom. The Morgan fingerprint density at radius 2 is 2.15 bits per heavy atom. The summed E-state index contributed by atoms with van der Waals surface area (Å²) < 4.78 is 0. The van der Waals surface area contributed by atoms with Crippen LogP contribution in [0.1, 0.15) is 34.3 Å². The van der Waals surface area contributed by atoms with Crippen molar-refractivity contribution < 1.29 is 0 Å². The molecule has 0 aliphatic carbocycles. The van der Waals surface area contributed by atoms with E-state index in [9.17, 15) is 4.79 Å². The second kappa shape index (κ2) is 7.23. The molecule has 7 heteroatoms. The number of likely N-dealkylation sites (N-methyl/N-ethyl adjacent to an activating group) is 1. The van der Waals surface area contributed by atoms with Gasteiger partial charge in [0.25, 0.3) is 5.56 Å². The molecule has 7 nitrogen and oxygen atoms in total. The number of H-pyrrole nitrogens is 2. The van der Waals surface area contributed by atoms with Crippen molar-refractivity contribution >= 4 is 0 Å². The van der Waals surface area contributed by atoms with E-state index in [1.165, 1.54) is 11.9 Å². The summed E-state index contributed by atoms with van der Waals surface area (Å²) in [5.41, 5.74) is 4.04. The molecule has 0 radical (unpaired) electrons. The Labute approximate surface area is 151 Å². The fourth-order valence-electron chi connectivity index (χ4n) is 3.41. The van der Waals surface area contributed by atoms with Gasteiger partial charge in [0.2, 0.25) is 0 Å². The third kappa shape index (κ3) is 3.44. The largest absolute Gasteiger partial charge is 0.326 e. The smallest absolute Gasteiger partial charge is 0.252 e. The molecule has 134 valence electrons. The molecule has 3 aromatic rings. The summed E-state index contributed by atoms with van der Waals surface area (Å²) in [6.07, 6.45) is 2.38. The van der Waals surface area contributed by atoms with Crippen LogP contribution in [0.3, 0.4) is 0 Å². The highest BCUT2D eigenvalue weighted by atomic mass is 16.1. The minimum atomic E-state index is -0.156. The summed E-state index contributed by atoms with van der Waals surface area (Å²) in [6, 6.07) is 11.9. The van der Waals surface area contributed by atoms with Crippen molar-refractivity contribution in [3.63, 3.8) is 0 Å². The molecule has 1 aliphatic heterocycles. The number of nitrogens with one attached hydrogen (secondary N) is 3. The molecule has 3 N–H and O–H groups in total. The van der Waals surface area contributed by atoms with Gasteiger partial charge in [-0.15, -0.1) is 0 Å². The lowest BCUT2D eigenvalue weighted by molar-refractivity contribution is 0.309. The summed E-state index contributed by atoms with van der Waals surface area (Å²) in [4.78, 5) is 22.1. The number of pyridine rings is 1. The first-order valence-electron chi connectivity index (χ1n) is 8.77. The molecular weight excluding hydrogens is 328 g/mol. The minimum absolute atomic E-state index is 0.0230. The zero-order valence-electron chi connectivity index (χ0n) is 14.7. The number of hydrogen-bond acceptors (Lipinski definition) is 5. The molecule has 0 spiro atoms. The first kappa shape index (κ1) is 16.7. The predicted octanol–water partition coefficient (Wildman–Crippen LogP) is 1.36. The second-order valence-electron chi connectivity index (χ2n) is 6.71. The van der Waals surface area contributed by atoms with Crippen LogP contribution < -0.4 is 10.9 Å². The monoisotopic (exact) mass is 350 g/mol. The molecule has 3 heterocycles. The van der Waals surface area contributed by atoms with E-state index in [0.29, 0.717) is 6.54 Å². The molecule has 1 aliphatic rings. The van der Waals surface area contributed by atoms with Crippen molar-refractivity contribution in [2.45, 2.75) is 25.6 Å². The van der Waals surface area contributed by atoms with Gasteiger partial charge >= 0.3 is 0 Å². The first-order valence-corrected chi connectivity index (χ1v) is 8.77. The van der Waals surface area contributed by atoms with Crippen LogP contribution in [-0.2, 0) is 19.5 Å². The number of benzene rings is 1. The third-order valence-corrected chi connectivity index (χ3v) is 4.81. The highest BCUT2D eigenvalue weighted by Crippen LogP contribution is 2.19. The van der Waals surface area contributed by atoms with E-state index in [0.717, 1.165) is 42.2 Å². The molecule has 1 aromatic carbocycles. The minimum Gasteiger partial charge on any atom is -0.326 e. The lowest BCUT2D eigenvalue weighted by Crippen LogP contribution is -2.32. The predicted molar refractivity (Wildman–Crippen MR) is 98.6 cm³/mol. The van der Waals surface area contributed by atoms with E-state index in [1.54, 1.807) is 0 Å². The molecule has 0 fully saturated rings. The Morgan fingerprint density at radius 1 is 1.31 bits per heavy atom. The van der Waals surface area contributed by atoms with Crippen LogP contribution in [0.25, 0.3) is 0 Å². The Hall–Kier alpha value is -2.77. The summed E-state index contributed by atoms with van der Waals surface area (Å²) in [5.74, 6) is 0.727. The van der Waals surface area contributed by atoms with E-state index >= 15 is 0 Å². The first-order chi connectivity index (χ1) is 12.7. The maximum absolute atomic E-state index is 12.5. The quantitative estimate of drug-likeness (QED) is 0.646. The zero-order valence-corrected chi connectivity index (χ0v) is 14.7. The van der Waals surface area contributed by atoms with Crippen LogP contribution in [0.5, 0.6) is 0 Å². The molecule has 1 atom stereocenters. The van der Waals surface area contributed by atoms with Crippen LogP contribution in [0.4, 0.5) is 0 Å². The summed E-state index contributed by atoms with van der Waals surface area (Å²) in [5, 5.41) is 10.3. The van der Waals surface area contributed by atoms with Crippen molar-refractivity contribution in [1.82, 2.24) is 30.4 Å². The maximum Gasteiger partial charge on any atom is 0.252 e. The maximum atomic E-state index is 12.5. The average molecular weight is 350 g/mol. The van der Waals surface area contributed by atoms with Crippen molar-refractivity contribution in [3.05, 3.63) is 81.3 Å². The summed E-state index contributed by atoms with van der Waals surface area (Å²) in [6.45, 7) is 2.29. The highest BCUT2D eigenvalue weighted by Gasteiger charge is 2.19. The average Bonchev–Trinajstić information content (AvgIpc) is 3.18. The van der Waals surface area contributed by atoms with Crippen molar-refractivity contribution in [2.24, 2.45) is 0 Å². The van der Waals surface area contributed by atoms with E-state index in [-0.39, 0.29) is 11.6 Å². The molecular formula is C19H22N6O. The summed E-state index contributed by atoms with van der Waals surface area (Å²) >= 11 is 0. The highest BCUT2D eigenvalue weighted by molar-refractivity contribution is 5.29. The number of aromatic amines is 2. The molecule has 1 unspecified atom stereocenters. The normalized spacial score (nSPS) is 15.6. The number of aromatic nitrogens is 4. The molecule has 26 heavy (non-hydrogen) atoms. The van der Waals surface area contributed by atoms with Gasteiger partial charge in [-0.05, 0) is 24.2 Å². The van der Waals surface area contributed by atoms with E-state index in [4.69, 9.17) is 0 Å². The van der Waals surface area contributed by atoms with Gasteiger partial charge in [-0.2, -0.15) is 5.10 Å². The molecule has 0 saturated carbocycles. The van der Waals surface area contributed by atoms with Gasteiger partial charge in [0.1, 0.15) is 12.2 Å². The van der Waals surface area contributed by atoms with Crippen LogP contribution >= 0.6 is 0 Å². The molecule has 2 aromatic heterocycles. The Balaban J connectivity index is 1.58. The third-order valence-electron chi connectivity index (χ3n) is 4.81. The number of rotatable bonds is 5. The standard InChI is InChI=1S/C19H22N6O/c1-25-8-7-16-15(11-25)9-14(19(26)23-16)10-20-17(18-21-12-22-24-18)13-5-3-2-4-6-13/h2-6,9,12,17,20H,7-8,10-11H2,1H3,(H,23,26)(H,21,22,24). The lowest BCUT2D eigenvalue weighted by Gasteiger charge is -2.25.